The number of imidazole rings is 1. The van der Waals surface area contributed by atoms with Gasteiger partial charge in [-0.15, -0.1) is 0 Å². The molecule has 0 spiro atoms. The molecule has 1 amide bonds. The van der Waals surface area contributed by atoms with Crippen molar-refractivity contribution in [3.05, 3.63) is 129 Å². The zero-order valence-electron chi connectivity index (χ0n) is 28.2. The van der Waals surface area contributed by atoms with E-state index in [0.717, 1.165) is 65.6 Å². The summed E-state index contributed by atoms with van der Waals surface area (Å²) in [5.74, 6) is 0. The molecule has 0 bridgehead atoms. The van der Waals surface area contributed by atoms with Crippen molar-refractivity contribution in [2.24, 2.45) is 0 Å². The summed E-state index contributed by atoms with van der Waals surface area (Å²) >= 11 is 0. The van der Waals surface area contributed by atoms with Crippen LogP contribution in [0.3, 0.4) is 0 Å². The summed E-state index contributed by atoms with van der Waals surface area (Å²) < 4.78 is 45.7. The van der Waals surface area contributed by atoms with E-state index in [0.29, 0.717) is 28.0 Å². The standard InChI is InChI=1S/C38H38F3N7O2/c1-26-35(46(36(49)44-30-14-8-9-15-30)37(50)45(26)32-16-10-13-29(24-32)38(39,40)41)34-19-21-43-47(34)33-18-17-31(42-2)23-28(33)20-22-48(3,4)25-27-11-6-5-7-12-27/h5-7,10-13,16-19,21,23-24,30H,8-9,14-15,20,22,25H2,1,3-4H3/p+1. The van der Waals surface area contributed by atoms with Gasteiger partial charge < -0.3 is 9.80 Å². The number of hydrogen-bond acceptors (Lipinski definition) is 3. The molecule has 3 aromatic carbocycles. The van der Waals surface area contributed by atoms with E-state index in [1.807, 2.05) is 24.3 Å². The SMILES string of the molecule is [C-]#[N+]c1ccc(-n2nccc2-c2c(C)n(-c3cccc(C(F)(F)F)c3)c(=O)n2C(=O)NC2CCCC2)c(CC[N+](C)(C)Cc2ccccc2)c1. The van der Waals surface area contributed by atoms with Gasteiger partial charge in [-0.3, -0.25) is 4.57 Å². The molecule has 0 aliphatic heterocycles. The van der Waals surface area contributed by atoms with Gasteiger partial charge in [0.1, 0.15) is 12.2 Å². The fraction of sp³-hybridized carbons (Fsp3) is 0.316. The van der Waals surface area contributed by atoms with E-state index in [-0.39, 0.29) is 23.1 Å². The van der Waals surface area contributed by atoms with Crippen molar-refractivity contribution in [2.75, 3.05) is 20.6 Å². The number of carbonyl (C=O) groups is 1. The van der Waals surface area contributed by atoms with Crippen LogP contribution >= 0.6 is 0 Å². The summed E-state index contributed by atoms with van der Waals surface area (Å²) in [5, 5.41) is 7.60. The summed E-state index contributed by atoms with van der Waals surface area (Å²) in [5.41, 5.74) is 2.36. The lowest BCUT2D eigenvalue weighted by atomic mass is 10.1. The maximum Gasteiger partial charge on any atom is 0.416 e. The molecule has 5 aromatic rings. The Morgan fingerprint density at radius 2 is 1.76 bits per heavy atom. The van der Waals surface area contributed by atoms with Crippen LogP contribution in [0.1, 0.15) is 48.1 Å². The minimum atomic E-state index is -4.63. The Morgan fingerprint density at radius 3 is 2.46 bits per heavy atom. The fourth-order valence-corrected chi connectivity index (χ4v) is 6.83. The van der Waals surface area contributed by atoms with Gasteiger partial charge in [-0.1, -0.05) is 61.4 Å². The first-order valence-corrected chi connectivity index (χ1v) is 16.6. The minimum absolute atomic E-state index is 0.0115. The Bertz CT molecular complexity index is 2110. The van der Waals surface area contributed by atoms with Gasteiger partial charge in [0, 0.05) is 18.0 Å². The van der Waals surface area contributed by atoms with E-state index < -0.39 is 23.5 Å². The van der Waals surface area contributed by atoms with Gasteiger partial charge in [-0.2, -0.15) is 18.3 Å². The highest BCUT2D eigenvalue weighted by Crippen LogP contribution is 2.33. The number of quaternary nitrogens is 1. The van der Waals surface area contributed by atoms with Crippen LogP contribution in [0.25, 0.3) is 27.6 Å². The largest absolute Gasteiger partial charge is 0.416 e. The second kappa shape index (κ2) is 13.8. The van der Waals surface area contributed by atoms with Crippen LogP contribution in [0.4, 0.5) is 23.7 Å². The van der Waals surface area contributed by atoms with Crippen LogP contribution in [-0.2, 0) is 19.1 Å². The first-order chi connectivity index (χ1) is 23.9. The van der Waals surface area contributed by atoms with Gasteiger partial charge in [0.2, 0.25) is 0 Å². The van der Waals surface area contributed by atoms with Crippen molar-refractivity contribution in [1.82, 2.24) is 24.2 Å². The molecule has 50 heavy (non-hydrogen) atoms. The number of nitrogens with zero attached hydrogens (tertiary/aromatic N) is 6. The quantitative estimate of drug-likeness (QED) is 0.128. The number of alkyl halides is 3. The average molecular weight is 683 g/mol. The Labute approximate surface area is 288 Å². The molecule has 1 aliphatic carbocycles. The van der Waals surface area contributed by atoms with E-state index in [9.17, 15) is 22.8 Å². The summed E-state index contributed by atoms with van der Waals surface area (Å²) in [6.45, 7) is 10.8. The predicted molar refractivity (Wildman–Crippen MR) is 186 cm³/mol. The summed E-state index contributed by atoms with van der Waals surface area (Å²) in [4.78, 5) is 31.7. The number of aromatic nitrogens is 4. The smallest absolute Gasteiger partial charge is 0.335 e. The number of nitrogens with one attached hydrogen (secondary N) is 1. The molecule has 0 radical (unpaired) electrons. The van der Waals surface area contributed by atoms with Gasteiger partial charge >= 0.3 is 17.9 Å². The molecule has 1 N–H and O–H groups in total. The second-order valence-electron chi connectivity index (χ2n) is 13.5. The van der Waals surface area contributed by atoms with E-state index in [1.54, 1.807) is 36.0 Å². The molecule has 1 fully saturated rings. The summed E-state index contributed by atoms with van der Waals surface area (Å²) in [6, 6.07) is 21.0. The number of rotatable bonds is 9. The second-order valence-corrected chi connectivity index (χ2v) is 13.5. The highest BCUT2D eigenvalue weighted by Gasteiger charge is 2.33. The molecule has 12 heteroatoms. The van der Waals surface area contributed by atoms with Crippen molar-refractivity contribution >= 4 is 11.7 Å². The minimum Gasteiger partial charge on any atom is -0.335 e. The molecular weight excluding hydrogens is 643 g/mol. The molecular formula is C38H39F3N7O2+. The van der Waals surface area contributed by atoms with Crippen LogP contribution in [0, 0.1) is 13.5 Å². The molecule has 0 unspecified atom stereocenters. The number of benzene rings is 3. The van der Waals surface area contributed by atoms with Gasteiger partial charge in [0.05, 0.1) is 61.7 Å². The molecule has 6 rings (SSSR count). The van der Waals surface area contributed by atoms with E-state index >= 15 is 0 Å². The zero-order chi connectivity index (χ0) is 35.6. The third-order valence-electron chi connectivity index (χ3n) is 9.35. The van der Waals surface area contributed by atoms with E-state index in [1.165, 1.54) is 17.7 Å². The van der Waals surface area contributed by atoms with Crippen molar-refractivity contribution in [3.8, 4) is 22.8 Å². The predicted octanol–water partition coefficient (Wildman–Crippen LogP) is 7.69. The third-order valence-corrected chi connectivity index (χ3v) is 9.35. The van der Waals surface area contributed by atoms with Crippen LogP contribution in [0.5, 0.6) is 0 Å². The normalized spacial score (nSPS) is 13.8. The zero-order valence-corrected chi connectivity index (χ0v) is 28.2. The monoisotopic (exact) mass is 682 g/mol. The van der Waals surface area contributed by atoms with Gasteiger partial charge in [-0.05, 0) is 55.7 Å². The number of halogens is 3. The number of likely N-dealkylation sites (N-methyl/N-ethyl adjacent to an activating group) is 1. The Morgan fingerprint density at radius 1 is 1.02 bits per heavy atom. The Hall–Kier alpha value is -5.41. The van der Waals surface area contributed by atoms with Gasteiger partial charge in [0.25, 0.3) is 0 Å². The Kier molecular flexibility index (Phi) is 9.54. The first kappa shape index (κ1) is 34.5. The molecule has 2 heterocycles. The summed E-state index contributed by atoms with van der Waals surface area (Å²) in [6.07, 6.45) is 0.981. The molecule has 0 atom stereocenters. The van der Waals surface area contributed by atoms with Crippen LogP contribution < -0.4 is 11.0 Å². The average Bonchev–Trinajstić information content (AvgIpc) is 3.83. The molecule has 1 aliphatic rings. The van der Waals surface area contributed by atoms with E-state index in [2.05, 4.69) is 41.5 Å². The lowest BCUT2D eigenvalue weighted by Gasteiger charge is -2.30. The lowest BCUT2D eigenvalue weighted by Crippen LogP contribution is -2.41. The fourth-order valence-electron chi connectivity index (χ4n) is 6.83. The molecule has 2 aromatic heterocycles. The maximum absolute atomic E-state index is 14.2. The van der Waals surface area contributed by atoms with Crippen molar-refractivity contribution in [3.63, 3.8) is 0 Å². The van der Waals surface area contributed by atoms with Gasteiger partial charge in [-0.25, -0.2) is 23.7 Å². The molecule has 0 saturated heterocycles. The molecule has 1 saturated carbocycles. The molecule has 258 valence electrons. The van der Waals surface area contributed by atoms with Crippen molar-refractivity contribution in [1.29, 1.82) is 0 Å². The maximum atomic E-state index is 14.2. The highest BCUT2D eigenvalue weighted by atomic mass is 19.4. The van der Waals surface area contributed by atoms with Crippen LogP contribution in [0.15, 0.2) is 89.9 Å². The number of hydrogen-bond donors (Lipinski definition) is 1. The Balaban J connectivity index is 1.46. The number of carbonyl (C=O) groups excluding carboxylic acids is 1. The highest BCUT2D eigenvalue weighted by molar-refractivity contribution is 5.83. The number of amides is 1. The van der Waals surface area contributed by atoms with E-state index in [4.69, 9.17) is 6.57 Å². The third kappa shape index (κ3) is 7.14. The topological polar surface area (TPSA) is 78.2 Å². The first-order valence-electron chi connectivity index (χ1n) is 16.6. The molecule has 9 nitrogen and oxygen atoms in total. The van der Waals surface area contributed by atoms with Gasteiger partial charge in [0.15, 0.2) is 5.69 Å². The summed E-state index contributed by atoms with van der Waals surface area (Å²) in [7, 11) is 4.29. The van der Waals surface area contributed by atoms with Crippen molar-refractivity contribution in [2.45, 2.75) is 57.8 Å². The van der Waals surface area contributed by atoms with Crippen molar-refractivity contribution < 1.29 is 22.4 Å². The van der Waals surface area contributed by atoms with Crippen LogP contribution in [-0.4, -0.2) is 56.1 Å². The van der Waals surface area contributed by atoms with Crippen LogP contribution in [0.2, 0.25) is 0 Å². The lowest BCUT2D eigenvalue weighted by molar-refractivity contribution is -0.903.